The minimum Gasteiger partial charge on any atom is -0.399 e. The molecule has 0 atom stereocenters. The number of fused-ring (bicyclic) bond motifs is 1. The smallest absolute Gasteiger partial charge is 0.165 e. The van der Waals surface area contributed by atoms with Crippen LogP contribution in [0.5, 0.6) is 0 Å². The molecule has 0 saturated carbocycles. The van der Waals surface area contributed by atoms with Crippen molar-refractivity contribution in [2.24, 2.45) is 5.92 Å². The number of carbonyl (C=O) groups is 1. The Morgan fingerprint density at radius 1 is 1.05 bits per heavy atom. The quantitative estimate of drug-likeness (QED) is 0.555. The lowest BCUT2D eigenvalue weighted by molar-refractivity contribution is 0.0939. The van der Waals surface area contributed by atoms with Crippen molar-refractivity contribution in [3.8, 4) is 11.3 Å². The Bertz CT molecular complexity index is 798. The van der Waals surface area contributed by atoms with E-state index in [1.165, 1.54) is 0 Å². The van der Waals surface area contributed by atoms with E-state index in [1.54, 1.807) is 0 Å². The molecular weight excluding hydrogens is 260 g/mol. The molecule has 3 aromatic rings. The van der Waals surface area contributed by atoms with Crippen LogP contribution in [0.25, 0.3) is 22.2 Å². The summed E-state index contributed by atoms with van der Waals surface area (Å²) in [6, 6.07) is 15.6. The molecule has 0 fully saturated rings. The van der Waals surface area contributed by atoms with Crippen molar-refractivity contribution in [3.63, 3.8) is 0 Å². The molecule has 0 aliphatic carbocycles. The predicted octanol–water partition coefficient (Wildman–Crippen LogP) is 4.26. The summed E-state index contributed by atoms with van der Waals surface area (Å²) in [6.07, 6.45) is 0. The molecule has 21 heavy (non-hydrogen) atoms. The van der Waals surface area contributed by atoms with Crippen LogP contribution in [0.2, 0.25) is 0 Å². The van der Waals surface area contributed by atoms with Gasteiger partial charge >= 0.3 is 0 Å². The Hall–Kier alpha value is -2.55. The predicted molar refractivity (Wildman–Crippen MR) is 87.3 cm³/mol. The van der Waals surface area contributed by atoms with Crippen LogP contribution in [0.15, 0.2) is 48.5 Å². The third-order valence-corrected chi connectivity index (χ3v) is 3.65. The van der Waals surface area contributed by atoms with Crippen LogP contribution < -0.4 is 5.73 Å². The third kappa shape index (κ3) is 2.55. The van der Waals surface area contributed by atoms with E-state index in [2.05, 4.69) is 11.1 Å². The van der Waals surface area contributed by atoms with Crippen molar-refractivity contribution in [1.29, 1.82) is 0 Å². The average Bonchev–Trinajstić information content (AvgIpc) is 2.89. The van der Waals surface area contributed by atoms with E-state index < -0.39 is 0 Å². The number of aromatic nitrogens is 1. The Labute approximate surface area is 123 Å². The maximum Gasteiger partial charge on any atom is 0.165 e. The monoisotopic (exact) mass is 278 g/mol. The Balaban J connectivity index is 2.04. The van der Waals surface area contributed by atoms with Gasteiger partial charge in [-0.3, -0.25) is 4.79 Å². The molecular formula is C18H18N2O. The maximum absolute atomic E-state index is 12.1. The van der Waals surface area contributed by atoms with Gasteiger partial charge < -0.3 is 10.7 Å². The molecule has 0 saturated heterocycles. The van der Waals surface area contributed by atoms with Gasteiger partial charge in [-0.15, -0.1) is 0 Å². The minimum absolute atomic E-state index is 0.0120. The highest BCUT2D eigenvalue weighted by molar-refractivity contribution is 6.01. The lowest BCUT2D eigenvalue weighted by atomic mass is 10.00. The van der Waals surface area contributed by atoms with Crippen LogP contribution in [-0.2, 0) is 0 Å². The molecule has 0 bridgehead atoms. The Morgan fingerprint density at radius 2 is 1.76 bits per heavy atom. The Kier molecular flexibility index (Phi) is 3.26. The number of hydrogen-bond acceptors (Lipinski definition) is 2. The molecule has 0 amide bonds. The number of H-pyrrole nitrogens is 1. The summed E-state index contributed by atoms with van der Waals surface area (Å²) in [5.41, 5.74) is 10.4. The lowest BCUT2D eigenvalue weighted by Crippen LogP contribution is -2.06. The number of carbonyl (C=O) groups excluding carboxylic acids is 1. The van der Waals surface area contributed by atoms with Gasteiger partial charge in [-0.25, -0.2) is 0 Å². The summed E-state index contributed by atoms with van der Waals surface area (Å²) in [4.78, 5) is 15.5. The fourth-order valence-electron chi connectivity index (χ4n) is 2.44. The van der Waals surface area contributed by atoms with Gasteiger partial charge in [-0.2, -0.15) is 0 Å². The zero-order valence-electron chi connectivity index (χ0n) is 12.2. The van der Waals surface area contributed by atoms with Crippen molar-refractivity contribution in [2.75, 3.05) is 5.73 Å². The summed E-state index contributed by atoms with van der Waals surface area (Å²) < 4.78 is 0. The van der Waals surface area contributed by atoms with E-state index in [-0.39, 0.29) is 11.7 Å². The van der Waals surface area contributed by atoms with Crippen LogP contribution in [0.3, 0.4) is 0 Å². The fourth-order valence-corrected chi connectivity index (χ4v) is 2.44. The molecule has 0 aliphatic rings. The van der Waals surface area contributed by atoms with Gasteiger partial charge in [0.25, 0.3) is 0 Å². The number of nitrogens with one attached hydrogen (secondary N) is 1. The highest BCUT2D eigenvalue weighted by Crippen LogP contribution is 2.26. The zero-order valence-corrected chi connectivity index (χ0v) is 12.2. The van der Waals surface area contributed by atoms with E-state index in [1.807, 2.05) is 56.3 Å². The van der Waals surface area contributed by atoms with Gasteiger partial charge in [0.2, 0.25) is 0 Å². The molecule has 0 unspecified atom stereocenters. The van der Waals surface area contributed by atoms with Gasteiger partial charge in [0.05, 0.1) is 0 Å². The van der Waals surface area contributed by atoms with E-state index in [0.29, 0.717) is 0 Å². The van der Waals surface area contributed by atoms with Gasteiger partial charge in [0.15, 0.2) is 5.78 Å². The van der Waals surface area contributed by atoms with E-state index >= 15 is 0 Å². The summed E-state index contributed by atoms with van der Waals surface area (Å²) in [5.74, 6) is 0.185. The molecule has 2 aromatic carbocycles. The van der Waals surface area contributed by atoms with E-state index in [0.717, 1.165) is 33.4 Å². The van der Waals surface area contributed by atoms with E-state index in [9.17, 15) is 4.79 Å². The highest BCUT2D eigenvalue weighted by atomic mass is 16.1. The number of aromatic amines is 1. The number of rotatable bonds is 3. The molecule has 0 radical (unpaired) electrons. The van der Waals surface area contributed by atoms with Crippen molar-refractivity contribution >= 4 is 22.4 Å². The SMILES string of the molecule is CC(C)C(=O)c1ccc2[nH]c(-c3ccc(N)cc3)cc2c1. The van der Waals surface area contributed by atoms with Crippen LogP contribution in [-0.4, -0.2) is 10.8 Å². The molecule has 3 rings (SSSR count). The van der Waals surface area contributed by atoms with Gasteiger partial charge in [0, 0.05) is 33.8 Å². The summed E-state index contributed by atoms with van der Waals surface area (Å²) in [7, 11) is 0. The summed E-state index contributed by atoms with van der Waals surface area (Å²) in [6.45, 7) is 3.84. The van der Waals surface area contributed by atoms with Crippen LogP contribution in [0.1, 0.15) is 24.2 Å². The first-order chi connectivity index (χ1) is 10.0. The summed E-state index contributed by atoms with van der Waals surface area (Å²) in [5, 5.41) is 1.05. The second-order valence-corrected chi connectivity index (χ2v) is 5.63. The second kappa shape index (κ2) is 5.09. The number of nitrogens with two attached hydrogens (primary N) is 1. The fraction of sp³-hybridized carbons (Fsp3) is 0.167. The van der Waals surface area contributed by atoms with Crippen molar-refractivity contribution < 1.29 is 4.79 Å². The van der Waals surface area contributed by atoms with Crippen LogP contribution in [0.4, 0.5) is 5.69 Å². The largest absolute Gasteiger partial charge is 0.399 e. The van der Waals surface area contributed by atoms with Crippen LogP contribution >= 0.6 is 0 Å². The molecule has 3 heteroatoms. The van der Waals surface area contributed by atoms with Crippen molar-refractivity contribution in [3.05, 3.63) is 54.1 Å². The molecule has 3 nitrogen and oxygen atoms in total. The lowest BCUT2D eigenvalue weighted by Gasteiger charge is -2.03. The molecule has 3 N–H and O–H groups in total. The number of nitrogen functional groups attached to an aromatic ring is 1. The number of Topliss-reactive ketones (excluding diaryl/α,β-unsaturated/α-hetero) is 1. The first kappa shape index (κ1) is 13.4. The molecule has 106 valence electrons. The number of anilines is 1. The molecule has 0 spiro atoms. The zero-order chi connectivity index (χ0) is 15.0. The first-order valence-corrected chi connectivity index (χ1v) is 7.07. The van der Waals surface area contributed by atoms with Gasteiger partial charge in [-0.05, 0) is 42.0 Å². The van der Waals surface area contributed by atoms with E-state index in [4.69, 9.17) is 5.73 Å². The maximum atomic E-state index is 12.1. The standard InChI is InChI=1S/C18H18N2O/c1-11(2)18(21)13-5-8-16-14(9-13)10-17(20-16)12-3-6-15(19)7-4-12/h3-11,20H,19H2,1-2H3. The van der Waals surface area contributed by atoms with Crippen LogP contribution in [0, 0.1) is 5.92 Å². The third-order valence-electron chi connectivity index (χ3n) is 3.65. The van der Waals surface area contributed by atoms with Crippen molar-refractivity contribution in [1.82, 2.24) is 4.98 Å². The minimum atomic E-state index is 0.0120. The number of ketones is 1. The normalized spacial score (nSPS) is 11.2. The number of hydrogen-bond donors (Lipinski definition) is 2. The highest BCUT2D eigenvalue weighted by Gasteiger charge is 2.12. The first-order valence-electron chi connectivity index (χ1n) is 7.07. The van der Waals surface area contributed by atoms with Crippen molar-refractivity contribution in [2.45, 2.75) is 13.8 Å². The topological polar surface area (TPSA) is 58.9 Å². The summed E-state index contributed by atoms with van der Waals surface area (Å²) >= 11 is 0. The molecule has 0 aliphatic heterocycles. The molecule has 1 aromatic heterocycles. The van der Waals surface area contributed by atoms with Gasteiger partial charge in [-0.1, -0.05) is 26.0 Å². The average molecular weight is 278 g/mol. The molecule has 1 heterocycles. The van der Waals surface area contributed by atoms with Gasteiger partial charge in [0.1, 0.15) is 0 Å². The Morgan fingerprint density at radius 3 is 2.43 bits per heavy atom. The number of benzene rings is 2. The second-order valence-electron chi connectivity index (χ2n) is 5.63.